The molecule has 2 aliphatic heterocycles. The van der Waals surface area contributed by atoms with Gasteiger partial charge in [0.05, 0.1) is 33.4 Å². The molecule has 0 bridgehead atoms. The molecule has 3 amide bonds. The van der Waals surface area contributed by atoms with Gasteiger partial charge in [-0.2, -0.15) is 0 Å². The number of amides is 3. The van der Waals surface area contributed by atoms with Crippen LogP contribution in [0.4, 0.5) is 0 Å². The van der Waals surface area contributed by atoms with Gasteiger partial charge in [-0.15, -0.1) is 0 Å². The topological polar surface area (TPSA) is 93.2 Å². The molecule has 156 valence electrons. The summed E-state index contributed by atoms with van der Waals surface area (Å²) < 4.78 is 10.8. The monoisotopic (exact) mass is 442 g/mol. The number of nitrogens with zero attached hydrogens (tertiary/aromatic N) is 2. The highest BCUT2D eigenvalue weighted by molar-refractivity contribution is 6.43. The molecular weight excluding hydrogens is 423 g/mol. The predicted octanol–water partition coefficient (Wildman–Crippen LogP) is 2.16. The number of hydrogen-bond acceptors (Lipinski definition) is 6. The van der Waals surface area contributed by atoms with Crippen LogP contribution >= 0.6 is 23.2 Å². The van der Waals surface area contributed by atoms with Crippen LogP contribution in [-0.4, -0.2) is 71.4 Å². The molecule has 1 aromatic carbocycles. The summed E-state index contributed by atoms with van der Waals surface area (Å²) in [6.45, 7) is 5.33. The average molecular weight is 443 g/mol. The maximum Gasteiger partial charge on any atom is 0.326 e. The number of esters is 1. The maximum atomic E-state index is 12.6. The van der Waals surface area contributed by atoms with E-state index in [0.29, 0.717) is 13.1 Å². The van der Waals surface area contributed by atoms with Gasteiger partial charge in [-0.3, -0.25) is 24.1 Å². The standard InChI is InChI=1S/C19H20Cl2N2O6/c1-9-6-22(7-10(2)28-9)17(25)11(3)29-16(24)8-23-18(26)12-4-14(20)15(21)5-13(12)19(23)27/h4-5,9-11H,6-8H2,1-3H3. The van der Waals surface area contributed by atoms with Crippen LogP contribution in [0.25, 0.3) is 0 Å². The Morgan fingerprint density at radius 2 is 1.59 bits per heavy atom. The van der Waals surface area contributed by atoms with Gasteiger partial charge in [-0.1, -0.05) is 23.2 Å². The van der Waals surface area contributed by atoms with E-state index < -0.39 is 30.4 Å². The van der Waals surface area contributed by atoms with Crippen LogP contribution in [0.3, 0.4) is 0 Å². The fourth-order valence-corrected chi connectivity index (χ4v) is 3.78. The molecule has 3 unspecified atom stereocenters. The Labute approximate surface area is 177 Å². The van der Waals surface area contributed by atoms with E-state index in [1.807, 2.05) is 13.8 Å². The quantitative estimate of drug-likeness (QED) is 0.523. The molecule has 3 atom stereocenters. The molecule has 2 aliphatic rings. The number of hydrogen-bond donors (Lipinski definition) is 0. The van der Waals surface area contributed by atoms with Crippen LogP contribution in [-0.2, 0) is 19.1 Å². The number of carbonyl (C=O) groups is 4. The van der Waals surface area contributed by atoms with Gasteiger partial charge in [0.25, 0.3) is 17.7 Å². The zero-order chi connectivity index (χ0) is 21.5. The predicted molar refractivity (Wildman–Crippen MR) is 104 cm³/mol. The summed E-state index contributed by atoms with van der Waals surface area (Å²) in [6.07, 6.45) is -1.30. The molecule has 0 aromatic heterocycles. The SMILES string of the molecule is CC1CN(C(=O)C(C)OC(=O)CN2C(=O)c3cc(Cl)c(Cl)cc3C2=O)CC(C)O1. The van der Waals surface area contributed by atoms with Gasteiger partial charge in [0, 0.05) is 13.1 Å². The van der Waals surface area contributed by atoms with Crippen molar-refractivity contribution in [2.24, 2.45) is 0 Å². The second-order valence-corrected chi connectivity index (χ2v) is 7.96. The summed E-state index contributed by atoms with van der Waals surface area (Å²) in [5, 5.41) is 0.258. The van der Waals surface area contributed by atoms with E-state index in [0.717, 1.165) is 4.90 Å². The molecule has 1 saturated heterocycles. The van der Waals surface area contributed by atoms with Gasteiger partial charge in [-0.05, 0) is 32.9 Å². The Hall–Kier alpha value is -2.16. The molecular formula is C19H20Cl2N2O6. The van der Waals surface area contributed by atoms with E-state index in [4.69, 9.17) is 32.7 Å². The average Bonchev–Trinajstić information content (AvgIpc) is 2.85. The number of fused-ring (bicyclic) bond motifs is 1. The van der Waals surface area contributed by atoms with E-state index in [2.05, 4.69) is 0 Å². The van der Waals surface area contributed by atoms with Gasteiger partial charge in [0.1, 0.15) is 6.54 Å². The second kappa shape index (κ2) is 8.30. The minimum absolute atomic E-state index is 0.0672. The van der Waals surface area contributed by atoms with Crippen LogP contribution in [0.1, 0.15) is 41.5 Å². The van der Waals surface area contributed by atoms with Gasteiger partial charge in [0.15, 0.2) is 6.10 Å². The third-order valence-electron chi connectivity index (χ3n) is 4.69. The third kappa shape index (κ3) is 4.39. The largest absolute Gasteiger partial charge is 0.451 e. The summed E-state index contributed by atoms with van der Waals surface area (Å²) in [6, 6.07) is 2.58. The number of halogens is 2. The summed E-state index contributed by atoms with van der Waals surface area (Å²) in [5.74, 6) is -2.57. The lowest BCUT2D eigenvalue weighted by atomic mass is 10.1. The molecule has 0 saturated carbocycles. The van der Waals surface area contributed by atoms with Crippen LogP contribution in [0, 0.1) is 0 Å². The highest BCUT2D eigenvalue weighted by atomic mass is 35.5. The minimum atomic E-state index is -1.06. The molecule has 1 aromatic rings. The Morgan fingerprint density at radius 1 is 1.10 bits per heavy atom. The smallest absolute Gasteiger partial charge is 0.326 e. The van der Waals surface area contributed by atoms with E-state index in [1.165, 1.54) is 19.1 Å². The van der Waals surface area contributed by atoms with Crippen molar-refractivity contribution >= 4 is 46.9 Å². The van der Waals surface area contributed by atoms with Crippen molar-refractivity contribution in [3.63, 3.8) is 0 Å². The van der Waals surface area contributed by atoms with E-state index in [1.54, 1.807) is 4.90 Å². The molecule has 0 aliphatic carbocycles. The Morgan fingerprint density at radius 3 is 2.07 bits per heavy atom. The van der Waals surface area contributed by atoms with Gasteiger partial charge in [0.2, 0.25) is 0 Å². The van der Waals surface area contributed by atoms with Gasteiger partial charge >= 0.3 is 5.97 Å². The van der Waals surface area contributed by atoms with Crippen molar-refractivity contribution in [3.8, 4) is 0 Å². The van der Waals surface area contributed by atoms with Crippen molar-refractivity contribution in [3.05, 3.63) is 33.3 Å². The molecule has 0 N–H and O–H groups in total. The molecule has 29 heavy (non-hydrogen) atoms. The summed E-state index contributed by atoms with van der Waals surface area (Å²) in [7, 11) is 0. The van der Waals surface area contributed by atoms with Crippen LogP contribution in [0.5, 0.6) is 0 Å². The van der Waals surface area contributed by atoms with Crippen LogP contribution < -0.4 is 0 Å². The third-order valence-corrected chi connectivity index (χ3v) is 5.41. The van der Waals surface area contributed by atoms with Crippen molar-refractivity contribution in [1.29, 1.82) is 0 Å². The number of morpholine rings is 1. The first kappa shape index (κ1) is 21.5. The second-order valence-electron chi connectivity index (χ2n) is 7.14. The first-order valence-electron chi connectivity index (χ1n) is 9.07. The van der Waals surface area contributed by atoms with E-state index >= 15 is 0 Å². The van der Waals surface area contributed by atoms with E-state index in [-0.39, 0.29) is 39.3 Å². The Balaban J connectivity index is 1.63. The van der Waals surface area contributed by atoms with Crippen LogP contribution in [0.2, 0.25) is 10.0 Å². The van der Waals surface area contributed by atoms with Crippen molar-refractivity contribution in [2.45, 2.75) is 39.1 Å². The van der Waals surface area contributed by atoms with Crippen molar-refractivity contribution in [1.82, 2.24) is 9.80 Å². The summed E-state index contributed by atoms with van der Waals surface area (Å²) in [4.78, 5) is 52.1. The fraction of sp³-hybridized carbons (Fsp3) is 0.474. The van der Waals surface area contributed by atoms with Gasteiger partial charge < -0.3 is 14.4 Å². The highest BCUT2D eigenvalue weighted by Gasteiger charge is 2.38. The lowest BCUT2D eigenvalue weighted by molar-refractivity contribution is -0.164. The molecule has 3 rings (SSSR count). The lowest BCUT2D eigenvalue weighted by Gasteiger charge is -2.36. The van der Waals surface area contributed by atoms with Crippen LogP contribution in [0.15, 0.2) is 12.1 Å². The molecule has 10 heteroatoms. The lowest BCUT2D eigenvalue weighted by Crippen LogP contribution is -2.51. The minimum Gasteiger partial charge on any atom is -0.451 e. The fourth-order valence-electron chi connectivity index (χ4n) is 3.46. The number of imide groups is 1. The summed E-state index contributed by atoms with van der Waals surface area (Å²) in [5.41, 5.74) is 0.134. The van der Waals surface area contributed by atoms with Gasteiger partial charge in [-0.25, -0.2) is 0 Å². The van der Waals surface area contributed by atoms with Crippen molar-refractivity contribution in [2.75, 3.05) is 19.6 Å². The number of ether oxygens (including phenoxy) is 2. The summed E-state index contributed by atoms with van der Waals surface area (Å²) >= 11 is 11.8. The first-order valence-corrected chi connectivity index (χ1v) is 9.83. The Kier molecular flexibility index (Phi) is 6.16. The highest BCUT2D eigenvalue weighted by Crippen LogP contribution is 2.31. The molecule has 1 fully saturated rings. The zero-order valence-corrected chi connectivity index (χ0v) is 17.6. The molecule has 2 heterocycles. The molecule has 8 nitrogen and oxygen atoms in total. The van der Waals surface area contributed by atoms with Crippen molar-refractivity contribution < 1.29 is 28.7 Å². The Bertz CT molecular complexity index is 839. The number of carbonyl (C=O) groups excluding carboxylic acids is 4. The normalized spacial score (nSPS) is 22.5. The number of rotatable bonds is 4. The first-order chi connectivity index (χ1) is 13.6. The molecule has 0 radical (unpaired) electrons. The number of benzene rings is 1. The van der Waals surface area contributed by atoms with E-state index in [9.17, 15) is 19.2 Å². The zero-order valence-electron chi connectivity index (χ0n) is 16.1. The maximum absolute atomic E-state index is 12.6. The molecule has 0 spiro atoms.